The molecule has 0 saturated carbocycles. The van der Waals surface area contributed by atoms with E-state index in [1.54, 1.807) is 4.90 Å². The number of halogens is 1. The van der Waals surface area contributed by atoms with Gasteiger partial charge in [-0.05, 0) is 24.3 Å². The maximum atomic E-state index is 12.5. The van der Waals surface area contributed by atoms with Gasteiger partial charge in [0.15, 0.2) is 9.84 Å². The number of rotatable bonds is 1. The fraction of sp³-hybridized carbons (Fsp3) is 0.533. The second kappa shape index (κ2) is 6.57. The Bertz CT molecular complexity index is 656. The summed E-state index contributed by atoms with van der Waals surface area (Å²) in [5.74, 6) is 0.146. The van der Waals surface area contributed by atoms with Crippen LogP contribution in [0.15, 0.2) is 24.3 Å². The second-order valence-corrected chi connectivity index (χ2v) is 8.61. The average molecular weight is 358 g/mol. The smallest absolute Gasteiger partial charge is 0.320 e. The molecule has 1 aromatic carbocycles. The molecule has 0 atom stereocenters. The van der Waals surface area contributed by atoms with Crippen LogP contribution in [0.4, 0.5) is 10.5 Å². The van der Waals surface area contributed by atoms with Gasteiger partial charge in [0.05, 0.1) is 11.5 Å². The Morgan fingerprint density at radius 2 is 1.39 bits per heavy atom. The van der Waals surface area contributed by atoms with Gasteiger partial charge in [0.2, 0.25) is 0 Å². The summed E-state index contributed by atoms with van der Waals surface area (Å²) < 4.78 is 22.9. The highest BCUT2D eigenvalue weighted by Crippen LogP contribution is 2.20. The molecule has 0 N–H and O–H groups in total. The molecule has 2 heterocycles. The molecule has 0 bridgehead atoms. The Kier molecular flexibility index (Phi) is 4.68. The number of sulfone groups is 1. The highest BCUT2D eigenvalue weighted by Gasteiger charge is 2.29. The molecule has 0 spiro atoms. The van der Waals surface area contributed by atoms with Crippen LogP contribution in [0.3, 0.4) is 0 Å². The molecule has 2 aliphatic heterocycles. The topological polar surface area (TPSA) is 60.9 Å². The van der Waals surface area contributed by atoms with Crippen molar-refractivity contribution in [3.63, 3.8) is 0 Å². The van der Waals surface area contributed by atoms with Crippen LogP contribution in [0.1, 0.15) is 0 Å². The van der Waals surface area contributed by atoms with E-state index in [0.29, 0.717) is 31.2 Å². The van der Waals surface area contributed by atoms with E-state index >= 15 is 0 Å². The predicted molar refractivity (Wildman–Crippen MR) is 90.9 cm³/mol. The third kappa shape index (κ3) is 3.90. The third-order valence-corrected chi connectivity index (χ3v) is 6.22. The van der Waals surface area contributed by atoms with Crippen molar-refractivity contribution in [1.29, 1.82) is 0 Å². The molecule has 23 heavy (non-hydrogen) atoms. The molecule has 0 aromatic heterocycles. The van der Waals surface area contributed by atoms with Gasteiger partial charge in [-0.1, -0.05) is 11.6 Å². The summed E-state index contributed by atoms with van der Waals surface area (Å²) in [7, 11) is -2.96. The lowest BCUT2D eigenvalue weighted by Gasteiger charge is -2.39. The number of urea groups is 1. The summed E-state index contributed by atoms with van der Waals surface area (Å²) in [5, 5.41) is 0.711. The highest BCUT2D eigenvalue weighted by atomic mass is 35.5. The molecule has 0 aliphatic carbocycles. The van der Waals surface area contributed by atoms with Gasteiger partial charge in [-0.15, -0.1) is 0 Å². The van der Waals surface area contributed by atoms with Crippen LogP contribution in [0.5, 0.6) is 0 Å². The molecular formula is C15H20ClN3O3S. The van der Waals surface area contributed by atoms with E-state index in [0.717, 1.165) is 18.8 Å². The van der Waals surface area contributed by atoms with Gasteiger partial charge < -0.3 is 14.7 Å². The zero-order valence-corrected chi connectivity index (χ0v) is 14.4. The largest absolute Gasteiger partial charge is 0.368 e. The Balaban J connectivity index is 1.54. The molecular weight excluding hydrogens is 338 g/mol. The number of benzene rings is 1. The van der Waals surface area contributed by atoms with E-state index < -0.39 is 9.84 Å². The molecule has 126 valence electrons. The van der Waals surface area contributed by atoms with Crippen molar-refractivity contribution in [3.8, 4) is 0 Å². The first-order valence-electron chi connectivity index (χ1n) is 7.69. The first kappa shape index (κ1) is 16.4. The summed E-state index contributed by atoms with van der Waals surface area (Å²) in [6, 6.07) is 7.64. The van der Waals surface area contributed by atoms with Crippen molar-refractivity contribution < 1.29 is 13.2 Å². The van der Waals surface area contributed by atoms with Crippen molar-refractivity contribution >= 4 is 33.2 Å². The van der Waals surface area contributed by atoms with E-state index in [2.05, 4.69) is 4.90 Å². The Morgan fingerprint density at radius 3 is 1.96 bits per heavy atom. The summed E-state index contributed by atoms with van der Waals surface area (Å²) in [6.07, 6.45) is 0. The minimum atomic E-state index is -2.96. The fourth-order valence-electron chi connectivity index (χ4n) is 2.91. The van der Waals surface area contributed by atoms with Crippen LogP contribution in [0.2, 0.25) is 5.02 Å². The minimum absolute atomic E-state index is 0.0457. The van der Waals surface area contributed by atoms with Gasteiger partial charge in [-0.2, -0.15) is 0 Å². The van der Waals surface area contributed by atoms with E-state index in [9.17, 15) is 13.2 Å². The number of hydrogen-bond donors (Lipinski definition) is 0. The zero-order valence-electron chi connectivity index (χ0n) is 12.8. The maximum absolute atomic E-state index is 12.5. The number of piperazine rings is 1. The van der Waals surface area contributed by atoms with Crippen LogP contribution < -0.4 is 4.90 Å². The molecule has 0 radical (unpaired) electrons. The Hall–Kier alpha value is -1.47. The first-order chi connectivity index (χ1) is 10.9. The van der Waals surface area contributed by atoms with Gasteiger partial charge >= 0.3 is 6.03 Å². The molecule has 3 rings (SSSR count). The molecule has 2 saturated heterocycles. The summed E-state index contributed by atoms with van der Waals surface area (Å²) in [4.78, 5) is 18.2. The summed E-state index contributed by atoms with van der Waals surface area (Å²) in [6.45, 7) is 3.42. The molecule has 6 nitrogen and oxygen atoms in total. The number of anilines is 1. The Labute approximate surface area is 141 Å². The average Bonchev–Trinajstić information content (AvgIpc) is 2.55. The zero-order chi connectivity index (χ0) is 16.4. The number of carbonyl (C=O) groups excluding carboxylic acids is 1. The van der Waals surface area contributed by atoms with Crippen molar-refractivity contribution in [2.45, 2.75) is 0 Å². The third-order valence-electron chi connectivity index (χ3n) is 4.36. The number of carbonyl (C=O) groups is 1. The fourth-order valence-corrected chi connectivity index (χ4v) is 4.24. The van der Waals surface area contributed by atoms with Gasteiger partial charge in [0.1, 0.15) is 0 Å². The normalized spacial score (nSPS) is 21.3. The highest BCUT2D eigenvalue weighted by molar-refractivity contribution is 7.91. The van der Waals surface area contributed by atoms with Crippen LogP contribution >= 0.6 is 11.6 Å². The molecule has 0 unspecified atom stereocenters. The maximum Gasteiger partial charge on any atom is 0.320 e. The standard InChI is InChI=1S/C15H20ClN3O3S/c16-13-1-3-14(4-2-13)17-5-7-18(8-6-17)15(20)19-9-11-23(21,22)12-10-19/h1-4H,5-12H2. The van der Waals surface area contributed by atoms with Crippen LogP contribution in [-0.2, 0) is 9.84 Å². The quantitative estimate of drug-likeness (QED) is 0.760. The van der Waals surface area contributed by atoms with Crippen LogP contribution in [0.25, 0.3) is 0 Å². The van der Waals surface area contributed by atoms with E-state index in [1.807, 2.05) is 29.2 Å². The van der Waals surface area contributed by atoms with Crippen LogP contribution in [-0.4, -0.2) is 75.0 Å². The molecule has 1 aromatic rings. The molecule has 2 aliphatic rings. The van der Waals surface area contributed by atoms with Crippen molar-refractivity contribution in [2.24, 2.45) is 0 Å². The van der Waals surface area contributed by atoms with Crippen molar-refractivity contribution in [2.75, 3.05) is 55.7 Å². The van der Waals surface area contributed by atoms with Gasteiger partial charge in [0, 0.05) is 50.0 Å². The summed E-state index contributed by atoms with van der Waals surface area (Å²) in [5.41, 5.74) is 1.10. The van der Waals surface area contributed by atoms with E-state index in [1.165, 1.54) is 0 Å². The van der Waals surface area contributed by atoms with E-state index in [-0.39, 0.29) is 17.5 Å². The van der Waals surface area contributed by atoms with Crippen molar-refractivity contribution in [1.82, 2.24) is 9.80 Å². The van der Waals surface area contributed by atoms with Gasteiger partial charge in [-0.25, -0.2) is 13.2 Å². The molecule has 8 heteroatoms. The summed E-state index contributed by atoms with van der Waals surface area (Å²) >= 11 is 5.90. The van der Waals surface area contributed by atoms with Gasteiger partial charge in [0.25, 0.3) is 0 Å². The van der Waals surface area contributed by atoms with E-state index in [4.69, 9.17) is 11.6 Å². The lowest BCUT2D eigenvalue weighted by atomic mass is 10.2. The minimum Gasteiger partial charge on any atom is -0.368 e. The van der Waals surface area contributed by atoms with Gasteiger partial charge in [-0.3, -0.25) is 0 Å². The lowest BCUT2D eigenvalue weighted by molar-refractivity contribution is 0.153. The predicted octanol–water partition coefficient (Wildman–Crippen LogP) is 1.31. The monoisotopic (exact) mass is 357 g/mol. The molecule has 2 fully saturated rings. The molecule has 2 amide bonds. The number of nitrogens with zero attached hydrogens (tertiary/aromatic N) is 3. The van der Waals surface area contributed by atoms with Crippen LogP contribution in [0, 0.1) is 0 Å². The van der Waals surface area contributed by atoms with Crippen molar-refractivity contribution in [3.05, 3.63) is 29.3 Å². The SMILES string of the molecule is O=C(N1CCN(c2ccc(Cl)cc2)CC1)N1CCS(=O)(=O)CC1. The Morgan fingerprint density at radius 1 is 0.870 bits per heavy atom. The lowest BCUT2D eigenvalue weighted by Crippen LogP contribution is -2.55. The number of hydrogen-bond acceptors (Lipinski definition) is 4. The second-order valence-electron chi connectivity index (χ2n) is 5.87. The first-order valence-corrected chi connectivity index (χ1v) is 9.89. The number of amides is 2.